The Labute approximate surface area is 209 Å². The Kier molecular flexibility index (Phi) is 8.36. The van der Waals surface area contributed by atoms with Crippen molar-refractivity contribution in [1.82, 2.24) is 14.9 Å². The highest BCUT2D eigenvalue weighted by atomic mass is 16.1. The van der Waals surface area contributed by atoms with Crippen molar-refractivity contribution in [2.24, 2.45) is 0 Å². The Balaban J connectivity index is 1.34. The number of imidazole rings is 1. The van der Waals surface area contributed by atoms with Gasteiger partial charge in [0.05, 0.1) is 11.0 Å². The summed E-state index contributed by atoms with van der Waals surface area (Å²) in [5.41, 5.74) is 6.74. The molecule has 35 heavy (non-hydrogen) atoms. The van der Waals surface area contributed by atoms with E-state index in [2.05, 4.69) is 72.3 Å². The second kappa shape index (κ2) is 11.8. The van der Waals surface area contributed by atoms with E-state index in [4.69, 9.17) is 4.98 Å². The van der Waals surface area contributed by atoms with E-state index < -0.39 is 0 Å². The predicted molar refractivity (Wildman–Crippen MR) is 145 cm³/mol. The highest BCUT2D eigenvalue weighted by Gasteiger charge is 2.12. The molecule has 4 aromatic rings. The van der Waals surface area contributed by atoms with E-state index in [0.717, 1.165) is 61.1 Å². The number of benzene rings is 3. The fourth-order valence-corrected chi connectivity index (χ4v) is 4.57. The summed E-state index contributed by atoms with van der Waals surface area (Å²) in [5, 5.41) is 3.06. The summed E-state index contributed by atoms with van der Waals surface area (Å²) >= 11 is 0. The fourth-order valence-electron chi connectivity index (χ4n) is 4.57. The van der Waals surface area contributed by atoms with Gasteiger partial charge < -0.3 is 9.88 Å². The van der Waals surface area contributed by atoms with Gasteiger partial charge in [0, 0.05) is 25.1 Å². The highest BCUT2D eigenvalue weighted by Crippen LogP contribution is 2.22. The van der Waals surface area contributed by atoms with E-state index in [1.807, 2.05) is 31.2 Å². The zero-order valence-corrected chi connectivity index (χ0v) is 21.3. The zero-order valence-electron chi connectivity index (χ0n) is 21.3. The van der Waals surface area contributed by atoms with E-state index >= 15 is 0 Å². The van der Waals surface area contributed by atoms with Crippen LogP contribution >= 0.6 is 0 Å². The van der Waals surface area contributed by atoms with Crippen molar-refractivity contribution in [3.05, 3.63) is 101 Å². The van der Waals surface area contributed by atoms with Gasteiger partial charge in [-0.05, 0) is 67.0 Å². The maximum atomic E-state index is 12.4. The maximum absolute atomic E-state index is 12.4. The maximum Gasteiger partial charge on any atom is 0.251 e. The Morgan fingerprint density at radius 1 is 0.943 bits per heavy atom. The summed E-state index contributed by atoms with van der Waals surface area (Å²) in [7, 11) is 0. The second-order valence-corrected chi connectivity index (χ2v) is 9.54. The molecule has 4 rings (SSSR count). The summed E-state index contributed by atoms with van der Waals surface area (Å²) in [6.45, 7) is 8.03. The van der Waals surface area contributed by atoms with Gasteiger partial charge >= 0.3 is 0 Å². The van der Waals surface area contributed by atoms with Crippen LogP contribution in [-0.2, 0) is 13.0 Å². The van der Waals surface area contributed by atoms with Gasteiger partial charge in [-0.2, -0.15) is 0 Å². The smallest absolute Gasteiger partial charge is 0.251 e. The minimum absolute atomic E-state index is 0.0178. The molecule has 1 aromatic heterocycles. The van der Waals surface area contributed by atoms with Crippen molar-refractivity contribution < 1.29 is 4.79 Å². The van der Waals surface area contributed by atoms with Crippen LogP contribution < -0.4 is 5.32 Å². The molecule has 4 nitrogen and oxygen atoms in total. The van der Waals surface area contributed by atoms with Crippen LogP contribution in [-0.4, -0.2) is 22.0 Å². The molecule has 0 aliphatic rings. The van der Waals surface area contributed by atoms with Crippen LogP contribution in [0.15, 0.2) is 72.8 Å². The van der Waals surface area contributed by atoms with Gasteiger partial charge in [-0.1, -0.05) is 74.9 Å². The molecule has 0 spiro atoms. The lowest BCUT2D eigenvalue weighted by molar-refractivity contribution is 0.0952. The SMILES string of the molecule is CCC(C)c1ccc(Cn2c(CCCCCNC(=O)c3ccccc3C)nc3ccccc32)cc1. The number of carbonyl (C=O) groups is 1. The van der Waals surface area contributed by atoms with Crippen LogP contribution in [0.5, 0.6) is 0 Å². The quantitative estimate of drug-likeness (QED) is 0.240. The number of carbonyl (C=O) groups excluding carboxylic acids is 1. The van der Waals surface area contributed by atoms with E-state index in [9.17, 15) is 4.79 Å². The molecular weight excluding hydrogens is 430 g/mol. The highest BCUT2D eigenvalue weighted by molar-refractivity contribution is 5.95. The second-order valence-electron chi connectivity index (χ2n) is 9.54. The molecule has 0 aliphatic carbocycles. The number of nitrogens with zero attached hydrogens (tertiary/aromatic N) is 2. The van der Waals surface area contributed by atoms with E-state index in [0.29, 0.717) is 12.5 Å². The number of hydrogen-bond acceptors (Lipinski definition) is 2. The van der Waals surface area contributed by atoms with Crippen molar-refractivity contribution in [2.45, 2.75) is 65.3 Å². The average Bonchev–Trinajstić information content (AvgIpc) is 3.23. The summed E-state index contributed by atoms with van der Waals surface area (Å²) in [6.07, 6.45) is 5.17. The Morgan fingerprint density at radius 2 is 1.69 bits per heavy atom. The third-order valence-corrected chi connectivity index (χ3v) is 6.99. The van der Waals surface area contributed by atoms with Crippen LogP contribution in [0.2, 0.25) is 0 Å². The lowest BCUT2D eigenvalue weighted by Gasteiger charge is -2.12. The molecule has 182 valence electrons. The Bertz CT molecular complexity index is 1260. The van der Waals surface area contributed by atoms with Crippen LogP contribution in [0.4, 0.5) is 0 Å². The predicted octanol–water partition coefficient (Wildman–Crippen LogP) is 7.05. The van der Waals surface area contributed by atoms with Crippen LogP contribution in [0.25, 0.3) is 11.0 Å². The summed E-state index contributed by atoms with van der Waals surface area (Å²) < 4.78 is 2.37. The minimum Gasteiger partial charge on any atom is -0.352 e. The number of unbranched alkanes of at least 4 members (excludes halogenated alkanes) is 2. The van der Waals surface area contributed by atoms with Crippen molar-refractivity contribution in [2.75, 3.05) is 6.54 Å². The van der Waals surface area contributed by atoms with Crippen molar-refractivity contribution in [1.29, 1.82) is 0 Å². The molecular formula is C31H37N3O. The third kappa shape index (κ3) is 6.19. The fraction of sp³-hybridized carbons (Fsp3) is 0.355. The lowest BCUT2D eigenvalue weighted by Crippen LogP contribution is -2.25. The largest absolute Gasteiger partial charge is 0.352 e. The number of para-hydroxylation sites is 2. The van der Waals surface area contributed by atoms with Crippen LogP contribution in [0.3, 0.4) is 0 Å². The standard InChI is InChI=1S/C31H37N3O/c1-4-23(2)26-19-17-25(18-20-26)22-34-29-15-10-9-14-28(29)33-30(34)16-6-5-11-21-32-31(35)27-13-8-7-12-24(27)3/h7-10,12-15,17-20,23H,4-6,11,16,21-22H2,1-3H3,(H,32,35). The first kappa shape index (κ1) is 24.7. The third-order valence-electron chi connectivity index (χ3n) is 6.99. The number of hydrogen-bond donors (Lipinski definition) is 1. The van der Waals surface area contributed by atoms with Crippen molar-refractivity contribution >= 4 is 16.9 Å². The number of aromatic nitrogens is 2. The number of rotatable bonds is 11. The van der Waals surface area contributed by atoms with Gasteiger partial charge in [-0.15, -0.1) is 0 Å². The summed E-state index contributed by atoms with van der Waals surface area (Å²) in [4.78, 5) is 17.3. The molecule has 3 aromatic carbocycles. The summed E-state index contributed by atoms with van der Waals surface area (Å²) in [6, 6.07) is 25.2. The average molecular weight is 468 g/mol. The monoisotopic (exact) mass is 467 g/mol. The molecule has 0 saturated carbocycles. The molecule has 1 N–H and O–H groups in total. The van der Waals surface area contributed by atoms with Crippen molar-refractivity contribution in [3.63, 3.8) is 0 Å². The summed E-state index contributed by atoms with van der Waals surface area (Å²) in [5.74, 6) is 1.75. The van der Waals surface area contributed by atoms with Gasteiger partial charge in [0.15, 0.2) is 0 Å². The zero-order chi connectivity index (χ0) is 24.6. The van der Waals surface area contributed by atoms with Gasteiger partial charge in [0.1, 0.15) is 5.82 Å². The van der Waals surface area contributed by atoms with Gasteiger partial charge in [0.2, 0.25) is 0 Å². The van der Waals surface area contributed by atoms with Gasteiger partial charge in [-0.3, -0.25) is 4.79 Å². The van der Waals surface area contributed by atoms with Gasteiger partial charge in [-0.25, -0.2) is 4.98 Å². The van der Waals surface area contributed by atoms with Crippen LogP contribution in [0, 0.1) is 6.92 Å². The molecule has 0 bridgehead atoms. The first-order chi connectivity index (χ1) is 17.1. The molecule has 4 heteroatoms. The molecule has 0 aliphatic heterocycles. The number of aryl methyl sites for hydroxylation is 2. The molecule has 1 atom stereocenters. The molecule has 0 fully saturated rings. The van der Waals surface area contributed by atoms with Gasteiger partial charge in [0.25, 0.3) is 5.91 Å². The topological polar surface area (TPSA) is 46.9 Å². The number of fused-ring (bicyclic) bond motifs is 1. The molecule has 0 saturated heterocycles. The number of amides is 1. The molecule has 0 radical (unpaired) electrons. The van der Waals surface area contributed by atoms with Crippen LogP contribution in [0.1, 0.15) is 78.3 Å². The normalized spacial score (nSPS) is 12.1. The van der Waals surface area contributed by atoms with E-state index in [1.165, 1.54) is 16.6 Å². The van der Waals surface area contributed by atoms with Crippen molar-refractivity contribution in [3.8, 4) is 0 Å². The first-order valence-electron chi connectivity index (χ1n) is 12.9. The molecule has 1 amide bonds. The lowest BCUT2D eigenvalue weighted by atomic mass is 9.97. The Hall–Kier alpha value is -3.40. The Morgan fingerprint density at radius 3 is 2.46 bits per heavy atom. The molecule has 1 heterocycles. The van der Waals surface area contributed by atoms with E-state index in [-0.39, 0.29) is 5.91 Å². The van der Waals surface area contributed by atoms with E-state index in [1.54, 1.807) is 0 Å². The minimum atomic E-state index is 0.0178. The number of nitrogens with one attached hydrogen (secondary N) is 1. The first-order valence-corrected chi connectivity index (χ1v) is 12.9. The molecule has 1 unspecified atom stereocenters.